The molecule has 0 bridgehead atoms. The van der Waals surface area contributed by atoms with E-state index in [2.05, 4.69) is 9.69 Å². The summed E-state index contributed by atoms with van der Waals surface area (Å²) >= 11 is 2.65. The summed E-state index contributed by atoms with van der Waals surface area (Å²) in [5, 5.41) is 3.40. The highest BCUT2D eigenvalue weighted by Crippen LogP contribution is 2.49. The lowest BCUT2D eigenvalue weighted by Crippen LogP contribution is -2.26. The Morgan fingerprint density at radius 2 is 2.03 bits per heavy atom. The SMILES string of the molecule is COCCNC(=O)c1ccc(Oc2sc(C(N)=O)c3c2-c2sncc2CC3)cc1. The minimum absolute atomic E-state index is 0.174. The fraction of sp³-hybridized carbons (Fsp3) is 0.250. The van der Waals surface area contributed by atoms with Gasteiger partial charge in [0.05, 0.1) is 21.9 Å². The number of benzene rings is 1. The van der Waals surface area contributed by atoms with E-state index in [4.69, 9.17) is 15.2 Å². The average molecular weight is 430 g/mol. The molecule has 2 heterocycles. The van der Waals surface area contributed by atoms with Crippen LogP contribution < -0.4 is 15.8 Å². The standard InChI is InChI=1S/C20H19N3O4S2/c1-26-9-8-22-19(25)11-2-5-13(6-3-11)27-20-15-14(17(28-20)18(21)24)7-4-12-10-23-29-16(12)15/h2-3,5-6,10H,4,7-9H2,1H3,(H2,21,24)(H,22,25). The Balaban J connectivity index is 1.59. The summed E-state index contributed by atoms with van der Waals surface area (Å²) in [5.41, 5.74) is 9.13. The molecule has 3 N–H and O–H groups in total. The number of ether oxygens (including phenoxy) is 2. The first kappa shape index (κ1) is 19.6. The van der Waals surface area contributed by atoms with Crippen LogP contribution >= 0.6 is 22.9 Å². The third-order valence-corrected chi connectivity index (χ3v) is 6.62. The molecule has 0 radical (unpaired) electrons. The predicted octanol–water partition coefficient (Wildman–Crippen LogP) is 3.24. The van der Waals surface area contributed by atoms with Gasteiger partial charge in [-0.25, -0.2) is 4.37 Å². The lowest BCUT2D eigenvalue weighted by atomic mass is 9.93. The number of aryl methyl sites for hydroxylation is 1. The summed E-state index contributed by atoms with van der Waals surface area (Å²) in [5.74, 6) is -0.0419. The zero-order chi connectivity index (χ0) is 20.4. The maximum absolute atomic E-state index is 12.1. The zero-order valence-corrected chi connectivity index (χ0v) is 17.3. The highest BCUT2D eigenvalue weighted by Gasteiger charge is 2.30. The third kappa shape index (κ3) is 3.89. The Kier molecular flexibility index (Phi) is 5.61. The Morgan fingerprint density at radius 1 is 1.24 bits per heavy atom. The van der Waals surface area contributed by atoms with E-state index in [-0.39, 0.29) is 5.91 Å². The maximum atomic E-state index is 12.1. The van der Waals surface area contributed by atoms with Crippen LogP contribution in [0.3, 0.4) is 0 Å². The topological polar surface area (TPSA) is 104 Å². The van der Waals surface area contributed by atoms with Crippen LogP contribution in [0.5, 0.6) is 10.8 Å². The first-order valence-corrected chi connectivity index (χ1v) is 10.6. The van der Waals surface area contributed by atoms with Crippen LogP contribution in [0, 0.1) is 0 Å². The number of hydrogen-bond acceptors (Lipinski definition) is 7. The molecule has 0 fully saturated rings. The fourth-order valence-electron chi connectivity index (χ4n) is 3.24. The van der Waals surface area contributed by atoms with Gasteiger partial charge in [0.15, 0.2) is 5.06 Å². The fourth-order valence-corrected chi connectivity index (χ4v) is 5.24. The van der Waals surface area contributed by atoms with Gasteiger partial charge in [0.2, 0.25) is 0 Å². The lowest BCUT2D eigenvalue weighted by Gasteiger charge is -2.14. The Bertz CT molecular complexity index is 1060. The Hall–Kier alpha value is -2.75. The molecule has 0 atom stereocenters. The Morgan fingerprint density at radius 3 is 2.76 bits per heavy atom. The molecular weight excluding hydrogens is 410 g/mol. The summed E-state index contributed by atoms with van der Waals surface area (Å²) in [7, 11) is 1.58. The van der Waals surface area contributed by atoms with Crippen LogP contribution in [0.15, 0.2) is 30.5 Å². The third-order valence-electron chi connectivity index (χ3n) is 4.63. The van der Waals surface area contributed by atoms with Crippen molar-refractivity contribution in [3.8, 4) is 21.3 Å². The number of methoxy groups -OCH3 is 1. The van der Waals surface area contributed by atoms with Gasteiger partial charge in [0, 0.05) is 25.4 Å². The number of nitrogens with one attached hydrogen (secondary N) is 1. The summed E-state index contributed by atoms with van der Waals surface area (Å²) in [6, 6.07) is 6.87. The van der Waals surface area contributed by atoms with Crippen LogP contribution in [-0.2, 0) is 17.6 Å². The van der Waals surface area contributed by atoms with Crippen LogP contribution in [0.2, 0.25) is 0 Å². The molecule has 1 aromatic carbocycles. The van der Waals surface area contributed by atoms with Gasteiger partial charge in [0.1, 0.15) is 5.75 Å². The van der Waals surface area contributed by atoms with Crippen molar-refractivity contribution in [3.63, 3.8) is 0 Å². The van der Waals surface area contributed by atoms with Gasteiger partial charge in [-0.2, -0.15) is 0 Å². The van der Waals surface area contributed by atoms with Crippen molar-refractivity contribution in [3.05, 3.63) is 52.0 Å². The van der Waals surface area contributed by atoms with E-state index in [0.717, 1.165) is 34.4 Å². The molecule has 29 heavy (non-hydrogen) atoms. The van der Waals surface area contributed by atoms with Crippen molar-refractivity contribution in [1.82, 2.24) is 9.69 Å². The number of aromatic nitrogens is 1. The van der Waals surface area contributed by atoms with Crippen molar-refractivity contribution in [2.24, 2.45) is 5.73 Å². The highest BCUT2D eigenvalue weighted by atomic mass is 32.1. The van der Waals surface area contributed by atoms with Crippen molar-refractivity contribution in [2.75, 3.05) is 20.3 Å². The average Bonchev–Trinajstić information content (AvgIpc) is 3.33. The van der Waals surface area contributed by atoms with Crippen molar-refractivity contribution in [1.29, 1.82) is 0 Å². The molecule has 1 aliphatic carbocycles. The van der Waals surface area contributed by atoms with Crippen molar-refractivity contribution >= 4 is 34.7 Å². The summed E-state index contributed by atoms with van der Waals surface area (Å²) in [6.45, 7) is 0.903. The molecule has 150 valence electrons. The maximum Gasteiger partial charge on any atom is 0.259 e. The number of nitrogens with zero attached hydrogens (tertiary/aromatic N) is 1. The van der Waals surface area contributed by atoms with E-state index < -0.39 is 5.91 Å². The van der Waals surface area contributed by atoms with Crippen LogP contribution in [0.4, 0.5) is 0 Å². The number of amides is 2. The quantitative estimate of drug-likeness (QED) is 0.561. The molecular formula is C20H19N3O4S2. The molecule has 7 nitrogen and oxygen atoms in total. The van der Waals surface area contributed by atoms with E-state index >= 15 is 0 Å². The van der Waals surface area contributed by atoms with Gasteiger partial charge in [-0.1, -0.05) is 11.3 Å². The first-order valence-electron chi connectivity index (χ1n) is 9.03. The number of carbonyl (C=O) groups excluding carboxylic acids is 2. The Labute approximate surface area is 175 Å². The van der Waals surface area contributed by atoms with Gasteiger partial charge < -0.3 is 20.5 Å². The number of carbonyl (C=O) groups is 2. The van der Waals surface area contributed by atoms with E-state index in [9.17, 15) is 9.59 Å². The summed E-state index contributed by atoms with van der Waals surface area (Å²) < 4.78 is 15.3. The number of nitrogens with two attached hydrogens (primary N) is 1. The van der Waals surface area contributed by atoms with Gasteiger partial charge in [-0.3, -0.25) is 9.59 Å². The monoisotopic (exact) mass is 429 g/mol. The second kappa shape index (κ2) is 8.32. The zero-order valence-electron chi connectivity index (χ0n) is 15.7. The van der Waals surface area contributed by atoms with E-state index in [1.54, 1.807) is 31.4 Å². The smallest absolute Gasteiger partial charge is 0.259 e. The lowest BCUT2D eigenvalue weighted by molar-refractivity contribution is 0.0936. The van der Waals surface area contributed by atoms with Crippen LogP contribution in [0.1, 0.15) is 31.2 Å². The number of primary amides is 1. The molecule has 2 amide bonds. The van der Waals surface area contributed by atoms with Gasteiger partial charge in [0.25, 0.3) is 11.8 Å². The number of hydrogen-bond donors (Lipinski definition) is 2. The van der Waals surface area contributed by atoms with E-state index in [1.807, 2.05) is 6.20 Å². The second-order valence-corrected chi connectivity index (χ2v) is 8.28. The molecule has 0 saturated carbocycles. The molecule has 0 unspecified atom stereocenters. The molecule has 4 rings (SSSR count). The van der Waals surface area contributed by atoms with E-state index in [1.165, 1.54) is 22.9 Å². The molecule has 2 aromatic heterocycles. The number of fused-ring (bicyclic) bond motifs is 3. The summed E-state index contributed by atoms with van der Waals surface area (Å²) in [6.07, 6.45) is 3.44. The molecule has 3 aromatic rings. The van der Waals surface area contributed by atoms with E-state index in [0.29, 0.717) is 34.4 Å². The molecule has 0 spiro atoms. The van der Waals surface area contributed by atoms with Gasteiger partial charge >= 0.3 is 0 Å². The van der Waals surface area contributed by atoms with Crippen LogP contribution in [0.25, 0.3) is 10.4 Å². The van der Waals surface area contributed by atoms with Gasteiger partial charge in [-0.05, 0) is 59.8 Å². The normalized spacial score (nSPS) is 12.2. The molecule has 1 aliphatic rings. The number of thiophene rings is 1. The van der Waals surface area contributed by atoms with Crippen molar-refractivity contribution in [2.45, 2.75) is 12.8 Å². The highest BCUT2D eigenvalue weighted by molar-refractivity contribution is 7.17. The minimum Gasteiger partial charge on any atom is -0.446 e. The first-order chi connectivity index (χ1) is 14.1. The molecule has 9 heteroatoms. The van der Waals surface area contributed by atoms with Gasteiger partial charge in [-0.15, -0.1) is 0 Å². The molecule has 0 saturated heterocycles. The second-order valence-electron chi connectivity index (χ2n) is 6.49. The summed E-state index contributed by atoms with van der Waals surface area (Å²) in [4.78, 5) is 25.6. The van der Waals surface area contributed by atoms with Crippen molar-refractivity contribution < 1.29 is 19.1 Å². The number of rotatable bonds is 7. The molecule has 0 aliphatic heterocycles. The predicted molar refractivity (Wildman–Crippen MR) is 112 cm³/mol. The minimum atomic E-state index is -0.447. The van der Waals surface area contributed by atoms with Crippen LogP contribution in [-0.4, -0.2) is 36.4 Å². The largest absolute Gasteiger partial charge is 0.446 e.